The van der Waals surface area contributed by atoms with Gasteiger partial charge in [-0.15, -0.1) is 0 Å². The van der Waals surface area contributed by atoms with E-state index in [-0.39, 0.29) is 25.3 Å². The summed E-state index contributed by atoms with van der Waals surface area (Å²) in [6.07, 6.45) is 3.30. The third-order valence-corrected chi connectivity index (χ3v) is 5.00. The minimum absolute atomic E-state index is 0.147. The zero-order valence-electron chi connectivity index (χ0n) is 14.0. The molecule has 1 amide bonds. The van der Waals surface area contributed by atoms with Crippen LogP contribution in [0.3, 0.4) is 0 Å². The molecule has 0 radical (unpaired) electrons. The van der Waals surface area contributed by atoms with Crippen molar-refractivity contribution in [1.82, 2.24) is 5.32 Å². The maximum absolute atomic E-state index is 12.1. The average molecular weight is 333 g/mol. The molecular weight excluding hydrogens is 310 g/mol. The molecule has 6 nitrogen and oxygen atoms in total. The fraction of sp³-hybridized carbons (Fsp3) is 0.556. The number of esters is 1. The van der Waals surface area contributed by atoms with Crippen molar-refractivity contribution in [3.05, 3.63) is 23.8 Å². The molecule has 1 aromatic rings. The highest BCUT2D eigenvalue weighted by molar-refractivity contribution is 5.92. The molecule has 1 N–H and O–H groups in total. The van der Waals surface area contributed by atoms with Crippen molar-refractivity contribution in [1.29, 1.82) is 0 Å². The van der Waals surface area contributed by atoms with Crippen LogP contribution < -0.4 is 14.8 Å². The molecule has 0 saturated heterocycles. The van der Waals surface area contributed by atoms with Gasteiger partial charge in [-0.2, -0.15) is 0 Å². The molecule has 1 aliphatic carbocycles. The van der Waals surface area contributed by atoms with Gasteiger partial charge in [-0.1, -0.05) is 26.7 Å². The van der Waals surface area contributed by atoms with E-state index < -0.39 is 5.97 Å². The second-order valence-corrected chi connectivity index (χ2v) is 6.59. The molecule has 6 heteroatoms. The first-order chi connectivity index (χ1) is 11.5. The van der Waals surface area contributed by atoms with Gasteiger partial charge in [-0.05, 0) is 36.5 Å². The highest BCUT2D eigenvalue weighted by Gasteiger charge is 2.28. The summed E-state index contributed by atoms with van der Waals surface area (Å²) in [4.78, 5) is 24.1. The number of nitrogens with one attached hydrogen (secondary N) is 1. The zero-order chi connectivity index (χ0) is 17.1. The van der Waals surface area contributed by atoms with E-state index in [0.29, 0.717) is 28.9 Å². The van der Waals surface area contributed by atoms with Gasteiger partial charge in [-0.25, -0.2) is 4.79 Å². The second-order valence-electron chi connectivity index (χ2n) is 6.59. The van der Waals surface area contributed by atoms with E-state index >= 15 is 0 Å². The molecule has 0 bridgehead atoms. The Bertz CT molecular complexity index is 630. The highest BCUT2D eigenvalue weighted by atomic mass is 16.7. The molecule has 3 atom stereocenters. The van der Waals surface area contributed by atoms with Crippen LogP contribution in [0.2, 0.25) is 0 Å². The van der Waals surface area contributed by atoms with E-state index in [1.165, 1.54) is 6.42 Å². The minimum atomic E-state index is -0.548. The standard InChI is InChI=1S/C18H23NO5/c1-11-4-3-5-14(12(11)2)19-17(20)9-22-18(21)13-6-7-15-16(8-13)24-10-23-15/h6-8,11-12,14H,3-5,9-10H2,1-2H3,(H,19,20)/t11-,12+,14+/m0/s1. The van der Waals surface area contributed by atoms with Gasteiger partial charge < -0.3 is 19.5 Å². The number of benzene rings is 1. The van der Waals surface area contributed by atoms with Crippen LogP contribution in [0.1, 0.15) is 43.5 Å². The number of hydrogen-bond donors (Lipinski definition) is 1. The summed E-state index contributed by atoms with van der Waals surface area (Å²) in [7, 11) is 0. The van der Waals surface area contributed by atoms with Crippen molar-refractivity contribution < 1.29 is 23.8 Å². The van der Waals surface area contributed by atoms with Crippen molar-refractivity contribution in [2.45, 2.75) is 39.2 Å². The largest absolute Gasteiger partial charge is 0.454 e. The molecular formula is C18H23NO5. The van der Waals surface area contributed by atoms with Gasteiger partial charge in [-0.3, -0.25) is 4.79 Å². The van der Waals surface area contributed by atoms with Gasteiger partial charge in [0.25, 0.3) is 5.91 Å². The quantitative estimate of drug-likeness (QED) is 0.857. The van der Waals surface area contributed by atoms with Gasteiger partial charge in [0.05, 0.1) is 5.56 Å². The number of hydrogen-bond acceptors (Lipinski definition) is 5. The van der Waals surface area contributed by atoms with Crippen molar-refractivity contribution in [3.8, 4) is 11.5 Å². The molecule has 1 fully saturated rings. The SMILES string of the molecule is C[C@@H]1[C@@H](C)CCC[C@H]1NC(=O)COC(=O)c1ccc2c(c1)OCO2. The van der Waals surface area contributed by atoms with Crippen LogP contribution in [0.5, 0.6) is 11.5 Å². The Morgan fingerprint density at radius 3 is 2.83 bits per heavy atom. The lowest BCUT2D eigenvalue weighted by Crippen LogP contribution is -2.45. The van der Waals surface area contributed by atoms with Crippen LogP contribution in [0.15, 0.2) is 18.2 Å². The smallest absolute Gasteiger partial charge is 0.338 e. The summed E-state index contributed by atoms with van der Waals surface area (Å²) >= 11 is 0. The molecule has 0 spiro atoms. The molecule has 130 valence electrons. The van der Waals surface area contributed by atoms with Crippen molar-refractivity contribution in [2.24, 2.45) is 11.8 Å². The van der Waals surface area contributed by atoms with E-state index in [1.54, 1.807) is 18.2 Å². The Morgan fingerprint density at radius 2 is 2.00 bits per heavy atom. The molecule has 1 saturated carbocycles. The third-order valence-electron chi connectivity index (χ3n) is 5.00. The first kappa shape index (κ1) is 16.6. The molecule has 1 aliphatic heterocycles. The summed E-state index contributed by atoms with van der Waals surface area (Å²) in [6, 6.07) is 4.97. The van der Waals surface area contributed by atoms with Gasteiger partial charge in [0.1, 0.15) is 0 Å². The van der Waals surface area contributed by atoms with Crippen molar-refractivity contribution in [3.63, 3.8) is 0 Å². The molecule has 24 heavy (non-hydrogen) atoms. The number of ether oxygens (including phenoxy) is 3. The normalized spacial score (nSPS) is 25.2. The predicted octanol–water partition coefficient (Wildman–Crippen LogP) is 2.51. The van der Waals surface area contributed by atoms with Gasteiger partial charge >= 0.3 is 5.97 Å². The van der Waals surface area contributed by atoms with E-state index in [4.69, 9.17) is 14.2 Å². The number of amides is 1. The van der Waals surface area contributed by atoms with Crippen LogP contribution in [0, 0.1) is 11.8 Å². The fourth-order valence-electron chi connectivity index (χ4n) is 3.27. The number of rotatable bonds is 4. The number of carbonyl (C=O) groups is 2. The van der Waals surface area contributed by atoms with Crippen molar-refractivity contribution in [2.75, 3.05) is 13.4 Å². The fourth-order valence-corrected chi connectivity index (χ4v) is 3.27. The Labute approximate surface area is 141 Å². The summed E-state index contributed by atoms with van der Waals surface area (Å²) in [6.45, 7) is 4.25. The summed E-state index contributed by atoms with van der Waals surface area (Å²) in [5.74, 6) is 1.35. The van der Waals surface area contributed by atoms with Crippen molar-refractivity contribution >= 4 is 11.9 Å². The lowest BCUT2D eigenvalue weighted by atomic mass is 9.78. The maximum Gasteiger partial charge on any atom is 0.338 e. The zero-order valence-corrected chi connectivity index (χ0v) is 14.0. The van der Waals surface area contributed by atoms with E-state index in [1.807, 2.05) is 0 Å². The minimum Gasteiger partial charge on any atom is -0.454 e. The first-order valence-electron chi connectivity index (χ1n) is 8.40. The van der Waals surface area contributed by atoms with E-state index in [2.05, 4.69) is 19.2 Å². The second kappa shape index (κ2) is 7.11. The topological polar surface area (TPSA) is 73.9 Å². The Morgan fingerprint density at radius 1 is 1.21 bits per heavy atom. The van der Waals surface area contributed by atoms with Gasteiger partial charge in [0.15, 0.2) is 18.1 Å². The molecule has 0 aromatic heterocycles. The van der Waals surface area contributed by atoms with Crippen LogP contribution in [0.25, 0.3) is 0 Å². The Hall–Kier alpha value is -2.24. The number of carbonyl (C=O) groups excluding carboxylic acids is 2. The molecule has 1 heterocycles. The van der Waals surface area contributed by atoms with Crippen LogP contribution >= 0.6 is 0 Å². The summed E-state index contributed by atoms with van der Waals surface area (Å²) in [5.41, 5.74) is 0.340. The van der Waals surface area contributed by atoms with Crippen LogP contribution in [-0.4, -0.2) is 31.3 Å². The van der Waals surface area contributed by atoms with Gasteiger partial charge in [0.2, 0.25) is 6.79 Å². The van der Waals surface area contributed by atoms with Crippen LogP contribution in [0.4, 0.5) is 0 Å². The molecule has 3 rings (SSSR count). The molecule has 2 aliphatic rings. The van der Waals surface area contributed by atoms with Crippen LogP contribution in [-0.2, 0) is 9.53 Å². The monoisotopic (exact) mass is 333 g/mol. The van der Waals surface area contributed by atoms with E-state index in [0.717, 1.165) is 12.8 Å². The molecule has 0 unspecified atom stereocenters. The lowest BCUT2D eigenvalue weighted by Gasteiger charge is -2.34. The third kappa shape index (κ3) is 3.63. The highest BCUT2D eigenvalue weighted by Crippen LogP contribution is 2.32. The first-order valence-corrected chi connectivity index (χ1v) is 8.40. The summed E-state index contributed by atoms with van der Waals surface area (Å²) in [5, 5.41) is 2.99. The molecule has 1 aromatic carbocycles. The average Bonchev–Trinajstić information content (AvgIpc) is 3.04. The number of fused-ring (bicyclic) bond motifs is 1. The van der Waals surface area contributed by atoms with Gasteiger partial charge in [0, 0.05) is 6.04 Å². The Balaban J connectivity index is 1.50. The summed E-state index contributed by atoms with van der Waals surface area (Å²) < 4.78 is 15.5. The van der Waals surface area contributed by atoms with E-state index in [9.17, 15) is 9.59 Å². The lowest BCUT2D eigenvalue weighted by molar-refractivity contribution is -0.125. The Kier molecular flexibility index (Phi) is 4.92. The predicted molar refractivity (Wildman–Crippen MR) is 87.0 cm³/mol. The maximum atomic E-state index is 12.1.